The number of benzene rings is 1. The van der Waals surface area contributed by atoms with Gasteiger partial charge < -0.3 is 10.5 Å². The second-order valence-electron chi connectivity index (χ2n) is 3.83. The molecule has 0 saturated carbocycles. The van der Waals surface area contributed by atoms with Gasteiger partial charge in [0.2, 0.25) is 5.88 Å². The molecule has 0 aliphatic carbocycles. The van der Waals surface area contributed by atoms with Crippen LogP contribution in [0.15, 0.2) is 34.8 Å². The number of nitrogens with two attached hydrogens (primary N) is 1. The number of aryl methyl sites for hydroxylation is 1. The van der Waals surface area contributed by atoms with Gasteiger partial charge in [-0.3, -0.25) is 0 Å². The Hall–Kier alpha value is -1.46. The van der Waals surface area contributed by atoms with Crippen molar-refractivity contribution in [2.24, 2.45) is 5.73 Å². The van der Waals surface area contributed by atoms with Crippen LogP contribution in [0.3, 0.4) is 0 Å². The molecule has 0 saturated heterocycles. The quantitative estimate of drug-likeness (QED) is 0.943. The first kappa shape index (κ1) is 13.0. The predicted molar refractivity (Wildman–Crippen MR) is 71.0 cm³/mol. The first-order chi connectivity index (χ1) is 8.58. The average molecular weight is 311 g/mol. The molecule has 0 radical (unpaired) electrons. The highest BCUT2D eigenvalue weighted by Crippen LogP contribution is 2.27. The minimum atomic E-state index is -0.374. The lowest BCUT2D eigenvalue weighted by Gasteiger charge is -2.10. The Morgan fingerprint density at radius 3 is 2.78 bits per heavy atom. The molecule has 3 nitrogen and oxygen atoms in total. The summed E-state index contributed by atoms with van der Waals surface area (Å²) in [6.45, 7) is 2.17. The van der Waals surface area contributed by atoms with Crippen LogP contribution in [-0.2, 0) is 6.54 Å². The van der Waals surface area contributed by atoms with E-state index < -0.39 is 0 Å². The van der Waals surface area contributed by atoms with Crippen LogP contribution in [0, 0.1) is 12.7 Å². The molecule has 0 aliphatic heterocycles. The highest BCUT2D eigenvalue weighted by Gasteiger charge is 2.07. The van der Waals surface area contributed by atoms with Gasteiger partial charge in [-0.05, 0) is 25.1 Å². The van der Waals surface area contributed by atoms with Crippen LogP contribution >= 0.6 is 15.9 Å². The first-order valence-corrected chi connectivity index (χ1v) is 6.18. The second-order valence-corrected chi connectivity index (χ2v) is 4.74. The lowest BCUT2D eigenvalue weighted by molar-refractivity contribution is 0.450. The van der Waals surface area contributed by atoms with Crippen molar-refractivity contribution in [2.45, 2.75) is 13.5 Å². The number of rotatable bonds is 3. The molecule has 0 aliphatic rings. The van der Waals surface area contributed by atoms with E-state index in [0.717, 1.165) is 11.3 Å². The Balaban J connectivity index is 2.35. The average Bonchev–Trinajstić information content (AvgIpc) is 2.27. The molecule has 18 heavy (non-hydrogen) atoms. The maximum Gasteiger partial charge on any atom is 0.223 e. The van der Waals surface area contributed by atoms with Gasteiger partial charge in [0, 0.05) is 28.3 Å². The summed E-state index contributed by atoms with van der Waals surface area (Å²) >= 11 is 3.21. The summed E-state index contributed by atoms with van der Waals surface area (Å²) in [6.07, 6.45) is 0. The topological polar surface area (TPSA) is 48.1 Å². The fourth-order valence-corrected chi connectivity index (χ4v) is 1.95. The molecule has 0 atom stereocenters. The van der Waals surface area contributed by atoms with E-state index in [1.54, 1.807) is 6.07 Å². The minimum Gasteiger partial charge on any atom is -0.439 e. The third kappa shape index (κ3) is 3.05. The van der Waals surface area contributed by atoms with Crippen LogP contribution in [-0.4, -0.2) is 4.98 Å². The molecule has 5 heteroatoms. The number of pyridine rings is 1. The molecule has 1 aromatic carbocycles. The number of hydrogen-bond donors (Lipinski definition) is 1. The zero-order valence-electron chi connectivity index (χ0n) is 9.78. The summed E-state index contributed by atoms with van der Waals surface area (Å²) in [5.74, 6) is 0.422. The number of hydrogen-bond acceptors (Lipinski definition) is 3. The van der Waals surface area contributed by atoms with E-state index in [1.807, 2.05) is 19.1 Å². The fourth-order valence-electron chi connectivity index (χ4n) is 1.50. The Kier molecular flexibility index (Phi) is 3.93. The molecule has 1 aromatic heterocycles. The van der Waals surface area contributed by atoms with Gasteiger partial charge >= 0.3 is 0 Å². The SMILES string of the molecule is Cc1ccc(CN)c(Oc2cc(F)cc(Br)c2)n1. The largest absolute Gasteiger partial charge is 0.439 e. The van der Waals surface area contributed by atoms with E-state index in [9.17, 15) is 4.39 Å². The molecule has 1 heterocycles. The number of ether oxygens (including phenoxy) is 1. The highest BCUT2D eigenvalue weighted by atomic mass is 79.9. The maximum absolute atomic E-state index is 13.2. The van der Waals surface area contributed by atoms with Crippen LogP contribution in [0.5, 0.6) is 11.6 Å². The van der Waals surface area contributed by atoms with Crippen LogP contribution in [0.1, 0.15) is 11.3 Å². The van der Waals surface area contributed by atoms with Crippen molar-refractivity contribution in [3.8, 4) is 11.6 Å². The molecule has 0 spiro atoms. The van der Waals surface area contributed by atoms with E-state index in [0.29, 0.717) is 22.6 Å². The summed E-state index contributed by atoms with van der Waals surface area (Å²) < 4.78 is 19.4. The lowest BCUT2D eigenvalue weighted by atomic mass is 10.2. The summed E-state index contributed by atoms with van der Waals surface area (Å²) in [4.78, 5) is 4.26. The molecule has 94 valence electrons. The number of aromatic nitrogens is 1. The zero-order chi connectivity index (χ0) is 13.1. The summed E-state index contributed by atoms with van der Waals surface area (Å²) in [5.41, 5.74) is 7.21. The van der Waals surface area contributed by atoms with Crippen LogP contribution < -0.4 is 10.5 Å². The first-order valence-electron chi connectivity index (χ1n) is 5.39. The van der Waals surface area contributed by atoms with Gasteiger partial charge in [-0.2, -0.15) is 0 Å². The lowest BCUT2D eigenvalue weighted by Crippen LogP contribution is -2.02. The van der Waals surface area contributed by atoms with E-state index in [2.05, 4.69) is 20.9 Å². The Morgan fingerprint density at radius 2 is 2.11 bits per heavy atom. The van der Waals surface area contributed by atoms with E-state index in [1.165, 1.54) is 12.1 Å². The van der Waals surface area contributed by atoms with Crippen molar-refractivity contribution in [1.82, 2.24) is 4.98 Å². The van der Waals surface area contributed by atoms with Gasteiger partial charge in [0.25, 0.3) is 0 Å². The molecular formula is C13H12BrFN2O. The number of halogens is 2. The smallest absolute Gasteiger partial charge is 0.223 e. The Morgan fingerprint density at radius 1 is 1.33 bits per heavy atom. The van der Waals surface area contributed by atoms with Gasteiger partial charge in [-0.1, -0.05) is 22.0 Å². The van der Waals surface area contributed by atoms with Gasteiger partial charge in [-0.15, -0.1) is 0 Å². The van der Waals surface area contributed by atoms with Crippen molar-refractivity contribution in [1.29, 1.82) is 0 Å². The Bertz CT molecular complexity index is 555. The van der Waals surface area contributed by atoms with E-state index >= 15 is 0 Å². The Labute approximate surface area is 113 Å². The third-order valence-electron chi connectivity index (χ3n) is 2.35. The molecule has 2 aromatic rings. The van der Waals surface area contributed by atoms with Crippen molar-refractivity contribution < 1.29 is 9.13 Å². The van der Waals surface area contributed by atoms with E-state index in [-0.39, 0.29) is 5.82 Å². The summed E-state index contributed by atoms with van der Waals surface area (Å²) in [6, 6.07) is 8.05. The highest BCUT2D eigenvalue weighted by molar-refractivity contribution is 9.10. The monoisotopic (exact) mass is 310 g/mol. The van der Waals surface area contributed by atoms with E-state index in [4.69, 9.17) is 10.5 Å². The molecule has 0 unspecified atom stereocenters. The molecule has 0 amide bonds. The van der Waals surface area contributed by atoms with Gasteiger partial charge in [0.05, 0.1) is 0 Å². The minimum absolute atomic E-state index is 0.319. The van der Waals surface area contributed by atoms with Crippen molar-refractivity contribution >= 4 is 15.9 Å². The van der Waals surface area contributed by atoms with Crippen molar-refractivity contribution in [3.63, 3.8) is 0 Å². The van der Waals surface area contributed by atoms with Crippen molar-refractivity contribution in [2.75, 3.05) is 0 Å². The van der Waals surface area contributed by atoms with Gasteiger partial charge in [0.1, 0.15) is 11.6 Å². The normalized spacial score (nSPS) is 10.4. The molecule has 2 N–H and O–H groups in total. The molecule has 0 fully saturated rings. The predicted octanol–water partition coefficient (Wildman–Crippen LogP) is 3.54. The summed E-state index contributed by atoms with van der Waals surface area (Å²) in [5, 5.41) is 0. The molecular weight excluding hydrogens is 299 g/mol. The zero-order valence-corrected chi connectivity index (χ0v) is 11.4. The summed E-state index contributed by atoms with van der Waals surface area (Å²) in [7, 11) is 0. The molecule has 2 rings (SSSR count). The third-order valence-corrected chi connectivity index (χ3v) is 2.81. The number of nitrogens with zero attached hydrogens (tertiary/aromatic N) is 1. The van der Waals surface area contributed by atoms with Crippen LogP contribution in [0.25, 0.3) is 0 Å². The maximum atomic E-state index is 13.2. The fraction of sp³-hybridized carbons (Fsp3) is 0.154. The van der Waals surface area contributed by atoms with Gasteiger partial charge in [0.15, 0.2) is 0 Å². The van der Waals surface area contributed by atoms with Crippen LogP contribution in [0.2, 0.25) is 0 Å². The second kappa shape index (κ2) is 5.46. The van der Waals surface area contributed by atoms with Gasteiger partial charge in [-0.25, -0.2) is 9.37 Å². The van der Waals surface area contributed by atoms with Crippen molar-refractivity contribution in [3.05, 3.63) is 51.9 Å². The standard InChI is InChI=1S/C13H12BrFN2O/c1-8-2-3-9(7-16)13(17-8)18-12-5-10(14)4-11(15)6-12/h2-6H,7,16H2,1H3. The molecule has 0 bridgehead atoms. The van der Waals surface area contributed by atoms with Crippen LogP contribution in [0.4, 0.5) is 4.39 Å².